The van der Waals surface area contributed by atoms with Crippen molar-refractivity contribution in [2.75, 3.05) is 51.4 Å². The lowest BCUT2D eigenvalue weighted by atomic mass is 10.2. The minimum atomic E-state index is -0.493. The summed E-state index contributed by atoms with van der Waals surface area (Å²) in [5, 5.41) is 0.573. The number of benzene rings is 1. The third kappa shape index (κ3) is 4.72. The molecule has 4 aromatic rings. The molecule has 0 unspecified atom stereocenters. The molecule has 1 saturated heterocycles. The highest BCUT2D eigenvalue weighted by atomic mass is 32.1. The highest BCUT2D eigenvalue weighted by Crippen LogP contribution is 2.36. The van der Waals surface area contributed by atoms with Crippen molar-refractivity contribution >= 4 is 43.8 Å². The van der Waals surface area contributed by atoms with E-state index in [4.69, 9.17) is 14.5 Å². The third-order valence-electron chi connectivity index (χ3n) is 6.93. The van der Waals surface area contributed by atoms with Crippen LogP contribution < -0.4 is 20.9 Å². The predicted molar refractivity (Wildman–Crippen MR) is 145 cm³/mol. The van der Waals surface area contributed by atoms with Gasteiger partial charge in [0.15, 0.2) is 16.3 Å². The number of imidazole rings is 1. The number of hydrogen-bond acceptors (Lipinski definition) is 9. The van der Waals surface area contributed by atoms with Gasteiger partial charge in [0.2, 0.25) is 5.91 Å². The number of methoxy groups -OCH3 is 1. The van der Waals surface area contributed by atoms with Crippen LogP contribution in [-0.2, 0) is 30.2 Å². The van der Waals surface area contributed by atoms with E-state index < -0.39 is 11.2 Å². The Kier molecular flexibility index (Phi) is 7.32. The average molecular weight is 542 g/mol. The van der Waals surface area contributed by atoms with Crippen molar-refractivity contribution < 1.29 is 14.3 Å². The molecule has 3 aromatic heterocycles. The molecule has 1 aliphatic rings. The van der Waals surface area contributed by atoms with E-state index in [9.17, 15) is 14.4 Å². The van der Waals surface area contributed by atoms with E-state index in [1.54, 1.807) is 19.1 Å². The summed E-state index contributed by atoms with van der Waals surface area (Å²) < 4.78 is 15.8. The molecule has 1 aromatic carbocycles. The summed E-state index contributed by atoms with van der Waals surface area (Å²) in [5.74, 6) is 0.427. The number of rotatable bonds is 8. The molecule has 0 aliphatic carbocycles. The van der Waals surface area contributed by atoms with E-state index in [0.29, 0.717) is 30.6 Å². The molecule has 5 rings (SSSR count). The minimum Gasteiger partial charge on any atom is -0.494 e. The van der Waals surface area contributed by atoms with Gasteiger partial charge in [-0.25, -0.2) is 14.8 Å². The summed E-state index contributed by atoms with van der Waals surface area (Å²) in [6.07, 6.45) is 2.18. The molecule has 0 bridgehead atoms. The highest BCUT2D eigenvalue weighted by Gasteiger charge is 2.24. The third-order valence-corrected chi connectivity index (χ3v) is 8.14. The van der Waals surface area contributed by atoms with E-state index in [-0.39, 0.29) is 23.6 Å². The standard InChI is InChI=1S/C25H31N7O5S/c1-16-6-7-17(36-4)19-21(16)38-24(27-19)32(9-5-8-30-10-12-37-13-11-30)18(33)14-31-15-26-22-20(31)23(34)29(3)25(35)28(22)2/h6-7,15H,5,8-14H2,1-4H3. The largest absolute Gasteiger partial charge is 0.494 e. The second kappa shape index (κ2) is 10.7. The number of morpholine rings is 1. The van der Waals surface area contributed by atoms with Gasteiger partial charge in [-0.3, -0.25) is 28.5 Å². The number of fused-ring (bicyclic) bond motifs is 2. The van der Waals surface area contributed by atoms with Crippen molar-refractivity contribution in [1.29, 1.82) is 0 Å². The Hall–Kier alpha value is -3.55. The molecule has 1 fully saturated rings. The van der Waals surface area contributed by atoms with E-state index in [2.05, 4.69) is 9.88 Å². The zero-order chi connectivity index (χ0) is 27.0. The van der Waals surface area contributed by atoms with Gasteiger partial charge in [-0.15, -0.1) is 0 Å². The first kappa shape index (κ1) is 26.1. The van der Waals surface area contributed by atoms with Crippen LogP contribution in [0.2, 0.25) is 0 Å². The quantitative estimate of drug-likeness (QED) is 0.326. The van der Waals surface area contributed by atoms with Crippen LogP contribution >= 0.6 is 11.3 Å². The normalized spacial score (nSPS) is 14.4. The summed E-state index contributed by atoms with van der Waals surface area (Å²) in [6.45, 7) is 6.34. The van der Waals surface area contributed by atoms with Crippen molar-refractivity contribution in [3.63, 3.8) is 0 Å². The molecule has 0 N–H and O–H groups in total. The number of aromatic nitrogens is 5. The van der Waals surface area contributed by atoms with E-state index in [0.717, 1.165) is 46.4 Å². The summed E-state index contributed by atoms with van der Waals surface area (Å²) >= 11 is 1.45. The van der Waals surface area contributed by atoms with Gasteiger partial charge in [0.1, 0.15) is 17.8 Å². The molecular weight excluding hydrogens is 510 g/mol. The van der Waals surface area contributed by atoms with Gasteiger partial charge in [0, 0.05) is 40.3 Å². The molecule has 13 heteroatoms. The van der Waals surface area contributed by atoms with E-state index >= 15 is 0 Å². The van der Waals surface area contributed by atoms with Gasteiger partial charge >= 0.3 is 5.69 Å². The van der Waals surface area contributed by atoms with Gasteiger partial charge in [-0.1, -0.05) is 17.4 Å². The fourth-order valence-electron chi connectivity index (χ4n) is 4.73. The molecular formula is C25H31N7O5S. The maximum absolute atomic E-state index is 13.8. The molecule has 12 nitrogen and oxygen atoms in total. The van der Waals surface area contributed by atoms with Crippen molar-refractivity contribution in [1.82, 2.24) is 28.6 Å². The van der Waals surface area contributed by atoms with Crippen molar-refractivity contribution in [2.45, 2.75) is 19.9 Å². The number of carbonyl (C=O) groups excluding carboxylic acids is 1. The van der Waals surface area contributed by atoms with E-state index in [1.165, 1.54) is 33.8 Å². The number of anilines is 1. The van der Waals surface area contributed by atoms with Crippen molar-refractivity contribution in [3.05, 3.63) is 44.9 Å². The summed E-state index contributed by atoms with van der Waals surface area (Å²) in [6, 6.07) is 3.86. The molecule has 4 heterocycles. The fraction of sp³-hybridized carbons (Fsp3) is 0.480. The lowest BCUT2D eigenvalue weighted by Gasteiger charge is -2.27. The fourth-order valence-corrected chi connectivity index (χ4v) is 5.83. The number of amides is 1. The van der Waals surface area contributed by atoms with Crippen LogP contribution in [0.3, 0.4) is 0 Å². The Morgan fingerprint density at radius 3 is 2.68 bits per heavy atom. The summed E-state index contributed by atoms with van der Waals surface area (Å²) in [5.41, 5.74) is 1.25. The smallest absolute Gasteiger partial charge is 0.332 e. The van der Waals surface area contributed by atoms with Gasteiger partial charge in [0.25, 0.3) is 5.56 Å². The van der Waals surface area contributed by atoms with Crippen LogP contribution in [0, 0.1) is 6.92 Å². The minimum absolute atomic E-state index is 0.118. The highest BCUT2D eigenvalue weighted by molar-refractivity contribution is 7.22. The van der Waals surface area contributed by atoms with Crippen LogP contribution in [0.5, 0.6) is 5.75 Å². The molecule has 0 atom stereocenters. The van der Waals surface area contributed by atoms with Crippen LogP contribution in [-0.4, -0.2) is 81.0 Å². The Morgan fingerprint density at radius 2 is 1.95 bits per heavy atom. The molecule has 1 aliphatic heterocycles. The molecule has 1 amide bonds. The Balaban J connectivity index is 1.48. The number of ether oxygens (including phenoxy) is 2. The maximum atomic E-state index is 13.8. The predicted octanol–water partition coefficient (Wildman–Crippen LogP) is 1.12. The maximum Gasteiger partial charge on any atom is 0.332 e. The van der Waals surface area contributed by atoms with Gasteiger partial charge < -0.3 is 14.0 Å². The Bertz CT molecular complexity index is 1610. The van der Waals surface area contributed by atoms with Gasteiger partial charge in [0.05, 0.1) is 31.4 Å². The van der Waals surface area contributed by atoms with Crippen LogP contribution in [0.25, 0.3) is 21.4 Å². The van der Waals surface area contributed by atoms with Gasteiger partial charge in [-0.05, 0) is 25.0 Å². The average Bonchev–Trinajstić information content (AvgIpc) is 3.55. The number of carbonyl (C=O) groups is 1. The molecule has 0 radical (unpaired) electrons. The topological polar surface area (TPSA) is 117 Å². The lowest BCUT2D eigenvalue weighted by molar-refractivity contribution is -0.119. The number of thiazole rings is 1. The lowest BCUT2D eigenvalue weighted by Crippen LogP contribution is -2.40. The number of nitrogens with zero attached hydrogens (tertiary/aromatic N) is 7. The first-order chi connectivity index (χ1) is 18.3. The van der Waals surface area contributed by atoms with Crippen molar-refractivity contribution in [2.24, 2.45) is 14.1 Å². The number of hydrogen-bond donors (Lipinski definition) is 0. The number of aryl methyl sites for hydroxylation is 2. The zero-order valence-electron chi connectivity index (χ0n) is 22.0. The van der Waals surface area contributed by atoms with Crippen LogP contribution in [0.15, 0.2) is 28.0 Å². The Morgan fingerprint density at radius 1 is 1.18 bits per heavy atom. The van der Waals surface area contributed by atoms with Crippen LogP contribution in [0.1, 0.15) is 12.0 Å². The SMILES string of the molecule is COc1ccc(C)c2sc(N(CCCN3CCOCC3)C(=O)Cn3cnc4c3c(=O)n(C)c(=O)n4C)nc12. The van der Waals surface area contributed by atoms with Crippen LogP contribution in [0.4, 0.5) is 5.13 Å². The first-order valence-corrected chi connectivity index (χ1v) is 13.3. The second-order valence-corrected chi connectivity index (χ2v) is 10.3. The summed E-state index contributed by atoms with van der Waals surface area (Å²) in [7, 11) is 4.57. The van der Waals surface area contributed by atoms with Crippen molar-refractivity contribution in [3.8, 4) is 5.75 Å². The van der Waals surface area contributed by atoms with E-state index in [1.807, 2.05) is 19.1 Å². The summed E-state index contributed by atoms with van der Waals surface area (Å²) in [4.78, 5) is 52.1. The first-order valence-electron chi connectivity index (χ1n) is 12.5. The molecule has 0 spiro atoms. The molecule has 0 saturated carbocycles. The monoisotopic (exact) mass is 541 g/mol. The Labute approximate surface area is 222 Å². The zero-order valence-corrected chi connectivity index (χ0v) is 22.8. The molecule has 202 valence electrons. The second-order valence-electron chi connectivity index (χ2n) is 9.36. The molecule has 38 heavy (non-hydrogen) atoms. The van der Waals surface area contributed by atoms with Gasteiger partial charge in [-0.2, -0.15) is 0 Å².